The summed E-state index contributed by atoms with van der Waals surface area (Å²) in [5.41, 5.74) is 6.04. The van der Waals surface area contributed by atoms with Crippen LogP contribution in [0.2, 0.25) is 0 Å². The van der Waals surface area contributed by atoms with Crippen molar-refractivity contribution < 1.29 is 46.8 Å². The van der Waals surface area contributed by atoms with E-state index in [1.54, 1.807) is 38.1 Å². The molecule has 278 valence electrons. The first-order chi connectivity index (χ1) is 24.1. The molecular formula is C34H47N6O10P. The zero-order valence-electron chi connectivity index (χ0n) is 30.0. The summed E-state index contributed by atoms with van der Waals surface area (Å²) in [7, 11) is -4.34. The fraction of sp³-hybridized carbons (Fsp3) is 0.588. The summed E-state index contributed by atoms with van der Waals surface area (Å²) >= 11 is 0. The first-order valence-corrected chi connectivity index (χ1v) is 18.3. The van der Waals surface area contributed by atoms with Gasteiger partial charge in [-0.25, -0.2) is 14.1 Å². The van der Waals surface area contributed by atoms with Crippen LogP contribution in [0, 0.1) is 11.3 Å². The summed E-state index contributed by atoms with van der Waals surface area (Å²) in [6.07, 6.45) is -1.49. The number of carbonyl (C=O) groups is 1. The molecule has 3 N–H and O–H groups in total. The SMILES string of the molecule is CCOCCOCCOC(=O)[C@H](C)NP(=O)(OC[C@H]1O[C@@](C#N)(c2ccc3c(N)ncnn23)[C@@H]2OC(C)(C)O[C@@H]21)Oc1ccc(C(C)(C)C)cc1. The molecule has 0 amide bonds. The Bertz CT molecular complexity index is 1760. The minimum Gasteiger partial charge on any atom is -0.462 e. The van der Waals surface area contributed by atoms with Crippen molar-refractivity contribution in [2.45, 2.75) is 89.6 Å². The number of fused-ring (bicyclic) bond motifs is 2. The number of nitrogens with zero attached hydrogens (tertiary/aromatic N) is 4. The highest BCUT2D eigenvalue weighted by Crippen LogP contribution is 2.51. The molecule has 4 heterocycles. The molecule has 2 aromatic heterocycles. The van der Waals surface area contributed by atoms with Crippen molar-refractivity contribution >= 4 is 25.1 Å². The molecule has 16 nitrogen and oxygen atoms in total. The van der Waals surface area contributed by atoms with Gasteiger partial charge in [0.05, 0.1) is 32.1 Å². The third kappa shape index (κ3) is 8.70. The van der Waals surface area contributed by atoms with Crippen molar-refractivity contribution in [2.24, 2.45) is 0 Å². The number of carbonyl (C=O) groups excluding carboxylic acids is 1. The number of esters is 1. The summed E-state index contributed by atoms with van der Waals surface area (Å²) in [4.78, 5) is 16.9. The maximum atomic E-state index is 14.5. The second kappa shape index (κ2) is 15.5. The number of aromatic nitrogens is 3. The summed E-state index contributed by atoms with van der Waals surface area (Å²) in [5.74, 6) is -1.35. The molecule has 2 aliphatic rings. The van der Waals surface area contributed by atoms with Gasteiger partial charge in [0.2, 0.25) is 5.60 Å². The van der Waals surface area contributed by atoms with Crippen LogP contribution in [-0.4, -0.2) is 90.3 Å². The maximum absolute atomic E-state index is 14.5. The molecule has 3 aromatic rings. The Hall–Kier alpha value is -3.65. The van der Waals surface area contributed by atoms with Crippen molar-refractivity contribution in [3.8, 4) is 11.8 Å². The van der Waals surface area contributed by atoms with Gasteiger partial charge in [0.25, 0.3) is 0 Å². The van der Waals surface area contributed by atoms with Gasteiger partial charge in [-0.2, -0.15) is 15.4 Å². The van der Waals surface area contributed by atoms with Crippen LogP contribution in [0.25, 0.3) is 5.52 Å². The molecule has 0 radical (unpaired) electrons. The molecule has 17 heteroatoms. The highest BCUT2D eigenvalue weighted by molar-refractivity contribution is 7.52. The predicted octanol–water partition coefficient (Wildman–Crippen LogP) is 4.02. The van der Waals surface area contributed by atoms with Crippen LogP contribution < -0.4 is 15.3 Å². The Morgan fingerprint density at radius 1 is 1.10 bits per heavy atom. The van der Waals surface area contributed by atoms with Gasteiger partial charge < -0.3 is 38.7 Å². The van der Waals surface area contributed by atoms with Gasteiger partial charge >= 0.3 is 13.7 Å². The zero-order chi connectivity index (χ0) is 37.0. The first-order valence-electron chi connectivity index (χ1n) is 16.8. The normalized spacial score (nSPS) is 24.5. The van der Waals surface area contributed by atoms with Gasteiger partial charge in [-0.3, -0.25) is 9.32 Å². The Balaban J connectivity index is 1.36. The van der Waals surface area contributed by atoms with Gasteiger partial charge in [-0.1, -0.05) is 32.9 Å². The third-order valence-corrected chi connectivity index (χ3v) is 10.0. The quantitative estimate of drug-likeness (QED) is 0.122. The van der Waals surface area contributed by atoms with E-state index in [0.717, 1.165) is 5.56 Å². The van der Waals surface area contributed by atoms with E-state index in [0.29, 0.717) is 31.0 Å². The Morgan fingerprint density at radius 2 is 1.80 bits per heavy atom. The molecule has 0 aliphatic carbocycles. The molecule has 0 spiro atoms. The molecule has 5 rings (SSSR count). The Morgan fingerprint density at radius 3 is 2.49 bits per heavy atom. The topological polar surface area (TPSA) is 200 Å². The zero-order valence-corrected chi connectivity index (χ0v) is 30.9. The molecule has 0 bridgehead atoms. The summed E-state index contributed by atoms with van der Waals surface area (Å²) in [6, 6.07) is 11.6. The van der Waals surface area contributed by atoms with E-state index in [4.69, 9.17) is 43.2 Å². The number of ether oxygens (including phenoxy) is 6. The molecule has 6 atom stereocenters. The summed E-state index contributed by atoms with van der Waals surface area (Å²) in [6.45, 7) is 14.1. The highest BCUT2D eigenvalue weighted by Gasteiger charge is 2.65. The van der Waals surface area contributed by atoms with E-state index in [1.165, 1.54) is 17.8 Å². The number of hydrogen-bond acceptors (Lipinski definition) is 14. The maximum Gasteiger partial charge on any atom is 0.459 e. The van der Waals surface area contributed by atoms with Crippen molar-refractivity contribution in [2.75, 3.05) is 45.4 Å². The second-order valence-corrected chi connectivity index (χ2v) is 15.4. The predicted molar refractivity (Wildman–Crippen MR) is 184 cm³/mol. The van der Waals surface area contributed by atoms with Crippen molar-refractivity contribution in [3.63, 3.8) is 0 Å². The van der Waals surface area contributed by atoms with E-state index in [-0.39, 0.29) is 36.8 Å². The molecule has 2 aliphatic heterocycles. The molecule has 51 heavy (non-hydrogen) atoms. The van der Waals surface area contributed by atoms with Gasteiger partial charge in [-0.05, 0) is 62.9 Å². The third-order valence-electron chi connectivity index (χ3n) is 8.37. The monoisotopic (exact) mass is 730 g/mol. The summed E-state index contributed by atoms with van der Waals surface area (Å²) < 4.78 is 62.7. The average molecular weight is 731 g/mol. The lowest BCUT2D eigenvalue weighted by atomic mass is 9.87. The number of nitrogen functional groups attached to an aromatic ring is 1. The lowest BCUT2D eigenvalue weighted by Gasteiger charge is -2.29. The minimum atomic E-state index is -4.34. The van der Waals surface area contributed by atoms with Crippen molar-refractivity contribution in [1.29, 1.82) is 5.26 Å². The summed E-state index contributed by atoms with van der Waals surface area (Å²) in [5, 5.41) is 17.7. The molecule has 1 aromatic carbocycles. The fourth-order valence-electron chi connectivity index (χ4n) is 5.86. The van der Waals surface area contributed by atoms with Gasteiger partial charge in [0, 0.05) is 6.61 Å². The van der Waals surface area contributed by atoms with Gasteiger partial charge in [0.15, 0.2) is 11.6 Å². The smallest absolute Gasteiger partial charge is 0.459 e. The van der Waals surface area contributed by atoms with E-state index in [2.05, 4.69) is 42.0 Å². The first kappa shape index (κ1) is 38.6. The number of rotatable bonds is 16. The van der Waals surface area contributed by atoms with Crippen LogP contribution >= 0.6 is 7.75 Å². The Labute approximate surface area is 297 Å². The van der Waals surface area contributed by atoms with Crippen molar-refractivity contribution in [1.82, 2.24) is 19.7 Å². The van der Waals surface area contributed by atoms with Crippen LogP contribution in [0.3, 0.4) is 0 Å². The second-order valence-electron chi connectivity index (χ2n) is 13.7. The highest BCUT2D eigenvalue weighted by atomic mass is 31.2. The largest absolute Gasteiger partial charge is 0.462 e. The average Bonchev–Trinajstić information content (AvgIpc) is 3.74. The number of nitrogens with two attached hydrogens (primary N) is 1. The molecule has 2 saturated heterocycles. The molecule has 0 saturated carbocycles. The molecular weight excluding hydrogens is 683 g/mol. The van der Waals surface area contributed by atoms with Gasteiger partial charge in [-0.15, -0.1) is 0 Å². The van der Waals surface area contributed by atoms with Crippen LogP contribution in [-0.2, 0) is 53.3 Å². The molecule has 2 fully saturated rings. The van der Waals surface area contributed by atoms with E-state index >= 15 is 0 Å². The fourth-order valence-corrected chi connectivity index (χ4v) is 7.36. The lowest BCUT2D eigenvalue weighted by Crippen LogP contribution is -2.40. The molecule has 1 unspecified atom stereocenters. The van der Waals surface area contributed by atoms with Crippen LogP contribution in [0.1, 0.15) is 59.7 Å². The van der Waals surface area contributed by atoms with Crippen LogP contribution in [0.15, 0.2) is 42.7 Å². The van der Waals surface area contributed by atoms with Crippen LogP contribution in [0.4, 0.5) is 5.82 Å². The minimum absolute atomic E-state index is 0.0232. The van der Waals surface area contributed by atoms with E-state index in [1.807, 2.05) is 19.1 Å². The van der Waals surface area contributed by atoms with Crippen molar-refractivity contribution in [3.05, 3.63) is 54.0 Å². The number of anilines is 1. The van der Waals surface area contributed by atoms with Gasteiger partial charge in [0.1, 0.15) is 54.6 Å². The number of nitrogens with one attached hydrogen (secondary N) is 1. The number of nitriles is 1. The van der Waals surface area contributed by atoms with Crippen LogP contribution in [0.5, 0.6) is 5.75 Å². The Kier molecular flexibility index (Phi) is 11.7. The standard InChI is InChI=1S/C34H47N6O10P/c1-8-43-15-16-44-17-18-45-31(41)22(2)39-51(42,50-24-11-9-23(10-12-24)32(3,4)5)46-19-26-28-29(49-33(6,7)48-28)34(20-35,47-26)27-14-13-25-30(36)37-21-38-40(25)27/h9-14,21-22,26,28-29H,8,15-19H2,1-7H3,(H,39,42)(H2,36,37,38)/t22-,26+,28+,29+,34-,51?/m0/s1. The van der Waals surface area contributed by atoms with E-state index in [9.17, 15) is 14.6 Å². The number of benzene rings is 1. The number of hydrogen-bond donors (Lipinski definition) is 2. The van der Waals surface area contributed by atoms with E-state index < -0.39 is 49.5 Å². The lowest BCUT2D eigenvalue weighted by molar-refractivity contribution is -0.204.